The zero-order valence-electron chi connectivity index (χ0n) is 13.8. The van der Waals surface area contributed by atoms with Crippen molar-refractivity contribution in [1.29, 1.82) is 0 Å². The summed E-state index contributed by atoms with van der Waals surface area (Å²) in [6, 6.07) is 14.5. The van der Waals surface area contributed by atoms with E-state index in [0.29, 0.717) is 29.4 Å². The normalized spacial score (nSPS) is 24.7. The molecule has 1 heterocycles. The average molecular weight is 365 g/mol. The molecule has 2 aromatic carbocycles. The van der Waals surface area contributed by atoms with Crippen LogP contribution in [0, 0.1) is 6.92 Å². The fraction of sp³-hybridized carbons (Fsp3) is 0.368. The highest BCUT2D eigenvalue weighted by Crippen LogP contribution is 2.42. The first kappa shape index (κ1) is 17.5. The van der Waals surface area contributed by atoms with E-state index in [-0.39, 0.29) is 6.10 Å². The highest BCUT2D eigenvalue weighted by atomic mass is 35.5. The van der Waals surface area contributed by atoms with Crippen LogP contribution < -0.4 is 0 Å². The van der Waals surface area contributed by atoms with Crippen molar-refractivity contribution in [2.24, 2.45) is 0 Å². The Labute approximate surface area is 148 Å². The predicted octanol–water partition coefficient (Wildman–Crippen LogP) is 4.73. The molecule has 0 spiro atoms. The molecule has 0 aromatic heterocycles. The maximum absolute atomic E-state index is 13.2. The van der Waals surface area contributed by atoms with Crippen LogP contribution in [0.15, 0.2) is 53.4 Å². The Morgan fingerprint density at radius 3 is 2.54 bits per heavy atom. The summed E-state index contributed by atoms with van der Waals surface area (Å²) in [7, 11) is -3.44. The number of hydrogen-bond donors (Lipinski definition) is 0. The van der Waals surface area contributed by atoms with E-state index in [1.54, 1.807) is 30.3 Å². The zero-order valence-corrected chi connectivity index (χ0v) is 15.4. The lowest BCUT2D eigenvalue weighted by atomic mass is 9.92. The van der Waals surface area contributed by atoms with E-state index in [0.717, 1.165) is 11.1 Å². The molecule has 2 unspecified atom stereocenters. The average Bonchev–Trinajstić information content (AvgIpc) is 2.55. The summed E-state index contributed by atoms with van der Waals surface area (Å²) in [5.74, 6) is 0. The topological polar surface area (TPSA) is 43.4 Å². The van der Waals surface area contributed by atoms with Gasteiger partial charge in [-0.3, -0.25) is 0 Å². The van der Waals surface area contributed by atoms with Crippen molar-refractivity contribution in [2.45, 2.75) is 42.4 Å². The molecule has 24 heavy (non-hydrogen) atoms. The van der Waals surface area contributed by atoms with Gasteiger partial charge in [0, 0.05) is 11.6 Å². The lowest BCUT2D eigenvalue weighted by Gasteiger charge is -2.38. The minimum absolute atomic E-state index is 0.236. The van der Waals surface area contributed by atoms with E-state index in [9.17, 15) is 8.42 Å². The van der Waals surface area contributed by atoms with Gasteiger partial charge in [-0.15, -0.1) is 0 Å². The van der Waals surface area contributed by atoms with Crippen molar-refractivity contribution >= 4 is 21.4 Å². The van der Waals surface area contributed by atoms with Crippen LogP contribution in [0.3, 0.4) is 0 Å². The smallest absolute Gasteiger partial charge is 0.184 e. The predicted molar refractivity (Wildman–Crippen MR) is 96.1 cm³/mol. The monoisotopic (exact) mass is 364 g/mol. The van der Waals surface area contributed by atoms with E-state index < -0.39 is 14.6 Å². The van der Waals surface area contributed by atoms with E-state index in [4.69, 9.17) is 16.3 Å². The fourth-order valence-electron chi connectivity index (χ4n) is 3.17. The van der Waals surface area contributed by atoms with E-state index >= 15 is 0 Å². The van der Waals surface area contributed by atoms with Crippen molar-refractivity contribution in [3.63, 3.8) is 0 Å². The van der Waals surface area contributed by atoms with Gasteiger partial charge in [-0.05, 0) is 62.1 Å². The van der Waals surface area contributed by atoms with Gasteiger partial charge in [-0.25, -0.2) is 8.42 Å². The number of sulfone groups is 1. The Bertz CT molecular complexity index is 830. The van der Waals surface area contributed by atoms with Crippen LogP contribution in [-0.4, -0.2) is 19.8 Å². The standard InChI is InChI=1S/C19H21ClO3S/c1-14-4-3-5-17(12-14)24(21,22)19(2)10-11-23-18(13-19)15-6-8-16(20)9-7-15/h3-9,12,18H,10-11,13H2,1-2H3. The zero-order chi connectivity index (χ0) is 17.4. The van der Waals surface area contributed by atoms with Crippen molar-refractivity contribution in [3.8, 4) is 0 Å². The summed E-state index contributed by atoms with van der Waals surface area (Å²) < 4.78 is 31.4. The molecule has 2 atom stereocenters. The molecule has 1 saturated heterocycles. The molecule has 2 aromatic rings. The number of benzene rings is 2. The van der Waals surface area contributed by atoms with Crippen LogP contribution in [0.5, 0.6) is 0 Å². The van der Waals surface area contributed by atoms with Gasteiger partial charge < -0.3 is 4.74 Å². The Kier molecular flexibility index (Phi) is 4.73. The first-order chi connectivity index (χ1) is 11.3. The molecule has 1 aliphatic rings. The number of hydrogen-bond acceptors (Lipinski definition) is 3. The molecule has 0 aliphatic carbocycles. The summed E-state index contributed by atoms with van der Waals surface area (Å²) in [4.78, 5) is 0.391. The van der Waals surface area contributed by atoms with Gasteiger partial charge >= 0.3 is 0 Å². The van der Waals surface area contributed by atoms with Gasteiger partial charge in [-0.2, -0.15) is 0 Å². The van der Waals surface area contributed by atoms with Crippen LogP contribution in [0.4, 0.5) is 0 Å². The van der Waals surface area contributed by atoms with Gasteiger partial charge in [0.25, 0.3) is 0 Å². The number of rotatable bonds is 3. The highest BCUT2D eigenvalue weighted by molar-refractivity contribution is 7.92. The molecule has 128 valence electrons. The second-order valence-electron chi connectivity index (χ2n) is 6.63. The first-order valence-electron chi connectivity index (χ1n) is 8.00. The molecule has 0 N–H and O–H groups in total. The molecule has 1 aliphatic heterocycles. The van der Waals surface area contributed by atoms with Crippen LogP contribution >= 0.6 is 11.6 Å². The minimum atomic E-state index is -3.44. The molecule has 3 nitrogen and oxygen atoms in total. The Hall–Kier alpha value is -1.36. The molecule has 0 bridgehead atoms. The molecule has 5 heteroatoms. The van der Waals surface area contributed by atoms with Gasteiger partial charge in [0.05, 0.1) is 15.7 Å². The summed E-state index contributed by atoms with van der Waals surface area (Å²) >= 11 is 5.94. The summed E-state index contributed by atoms with van der Waals surface area (Å²) in [5, 5.41) is 0.657. The van der Waals surface area contributed by atoms with E-state index in [1.807, 2.05) is 32.0 Å². The second kappa shape index (κ2) is 6.51. The van der Waals surface area contributed by atoms with Crippen LogP contribution in [0.2, 0.25) is 5.02 Å². The van der Waals surface area contributed by atoms with Crippen molar-refractivity contribution in [2.75, 3.05) is 6.61 Å². The van der Waals surface area contributed by atoms with Crippen molar-refractivity contribution in [3.05, 3.63) is 64.7 Å². The van der Waals surface area contributed by atoms with Crippen LogP contribution in [-0.2, 0) is 14.6 Å². The van der Waals surface area contributed by atoms with Gasteiger partial charge in [0.1, 0.15) is 0 Å². The number of aryl methyl sites for hydroxylation is 1. The maximum Gasteiger partial charge on any atom is 0.184 e. The molecule has 0 radical (unpaired) electrons. The Morgan fingerprint density at radius 1 is 1.17 bits per heavy atom. The number of ether oxygens (including phenoxy) is 1. The third kappa shape index (κ3) is 3.23. The SMILES string of the molecule is Cc1cccc(S(=O)(=O)C2(C)CCOC(c3ccc(Cl)cc3)C2)c1. The lowest BCUT2D eigenvalue weighted by molar-refractivity contribution is 0.000314. The van der Waals surface area contributed by atoms with Gasteiger partial charge in [-0.1, -0.05) is 35.9 Å². The minimum Gasteiger partial charge on any atom is -0.373 e. The van der Waals surface area contributed by atoms with Crippen LogP contribution in [0.25, 0.3) is 0 Å². The van der Waals surface area contributed by atoms with Crippen LogP contribution in [0.1, 0.15) is 37.0 Å². The second-order valence-corrected chi connectivity index (χ2v) is 9.54. The number of halogens is 1. The Morgan fingerprint density at radius 2 is 1.88 bits per heavy atom. The summed E-state index contributed by atoms with van der Waals surface area (Å²) in [6.45, 7) is 4.16. The first-order valence-corrected chi connectivity index (χ1v) is 9.86. The molecule has 0 amide bonds. The van der Waals surface area contributed by atoms with E-state index in [2.05, 4.69) is 0 Å². The third-order valence-corrected chi connectivity index (χ3v) is 7.55. The molecule has 1 fully saturated rings. The largest absolute Gasteiger partial charge is 0.373 e. The maximum atomic E-state index is 13.2. The summed E-state index contributed by atoms with van der Waals surface area (Å²) in [5.41, 5.74) is 1.91. The van der Waals surface area contributed by atoms with Gasteiger partial charge in [0.15, 0.2) is 9.84 Å². The summed E-state index contributed by atoms with van der Waals surface area (Å²) in [6.07, 6.45) is 0.693. The molecular formula is C19H21ClO3S. The fourth-order valence-corrected chi connectivity index (χ4v) is 5.19. The molecule has 0 saturated carbocycles. The quantitative estimate of drug-likeness (QED) is 0.790. The third-order valence-electron chi connectivity index (χ3n) is 4.76. The van der Waals surface area contributed by atoms with Crippen molar-refractivity contribution < 1.29 is 13.2 Å². The highest BCUT2D eigenvalue weighted by Gasteiger charge is 2.45. The molecular weight excluding hydrogens is 344 g/mol. The lowest BCUT2D eigenvalue weighted by Crippen LogP contribution is -2.42. The van der Waals surface area contributed by atoms with Gasteiger partial charge in [0.2, 0.25) is 0 Å². The molecule has 3 rings (SSSR count). The Balaban J connectivity index is 1.93. The van der Waals surface area contributed by atoms with Crippen molar-refractivity contribution in [1.82, 2.24) is 0 Å². The van der Waals surface area contributed by atoms with E-state index in [1.165, 1.54) is 0 Å².